The molecule has 2 aliphatic rings. The summed E-state index contributed by atoms with van der Waals surface area (Å²) in [6.45, 7) is 0.407. The molecule has 2 fully saturated rings. The molecule has 1 unspecified atom stereocenters. The molecule has 0 spiro atoms. The molecule has 1 atom stereocenters. The third-order valence-corrected chi connectivity index (χ3v) is 4.56. The average molecular weight is 296 g/mol. The lowest BCUT2D eigenvalue weighted by Crippen LogP contribution is -2.49. The fourth-order valence-corrected chi connectivity index (χ4v) is 3.45. The highest BCUT2D eigenvalue weighted by atomic mass is 32.2. The molecular formula is C13H16N2O4S. The van der Waals surface area contributed by atoms with Crippen molar-refractivity contribution in [3.8, 4) is 0 Å². The number of thioether (sulfide) groups is 1. The number of carbonyl (C=O) groups excluding carboxylic acids is 1. The van der Waals surface area contributed by atoms with Crippen molar-refractivity contribution in [2.24, 2.45) is 0 Å². The van der Waals surface area contributed by atoms with Gasteiger partial charge < -0.3 is 19.3 Å². The molecule has 1 aliphatic heterocycles. The van der Waals surface area contributed by atoms with Crippen molar-refractivity contribution in [2.75, 3.05) is 11.6 Å². The van der Waals surface area contributed by atoms with Crippen molar-refractivity contribution in [2.45, 2.75) is 31.5 Å². The standard InChI is InChI=1S/C13H16N2O4S/c16-12(17)11-7-20-8-15(11)13(18)14(9-3-4-9)6-10-2-1-5-19-10/h1-2,5,9,11H,3-4,6-8H2,(H,16,17). The second kappa shape index (κ2) is 5.40. The summed E-state index contributed by atoms with van der Waals surface area (Å²) in [5, 5.41) is 9.18. The van der Waals surface area contributed by atoms with Crippen molar-refractivity contribution < 1.29 is 19.1 Å². The van der Waals surface area contributed by atoms with Crippen LogP contribution in [0, 0.1) is 0 Å². The zero-order chi connectivity index (χ0) is 14.1. The van der Waals surface area contributed by atoms with Crippen LogP contribution in [0.4, 0.5) is 4.79 Å². The van der Waals surface area contributed by atoms with Gasteiger partial charge in [0.2, 0.25) is 0 Å². The Hall–Kier alpha value is -1.63. The van der Waals surface area contributed by atoms with Gasteiger partial charge in [-0.2, -0.15) is 0 Å². The molecule has 0 bridgehead atoms. The van der Waals surface area contributed by atoms with E-state index in [1.54, 1.807) is 17.2 Å². The Bertz CT molecular complexity index is 500. The Kier molecular flexibility index (Phi) is 3.60. The first-order chi connectivity index (χ1) is 9.66. The molecule has 1 saturated heterocycles. The Morgan fingerprint density at radius 3 is 2.90 bits per heavy atom. The highest BCUT2D eigenvalue weighted by Crippen LogP contribution is 2.32. The SMILES string of the molecule is O=C(O)C1CSCN1C(=O)N(Cc1ccco1)C1CC1. The summed E-state index contributed by atoms with van der Waals surface area (Å²) in [5.41, 5.74) is 0. The van der Waals surface area contributed by atoms with Crippen LogP contribution in [0.2, 0.25) is 0 Å². The summed E-state index contributed by atoms with van der Waals surface area (Å²) < 4.78 is 5.30. The predicted molar refractivity (Wildman–Crippen MR) is 73.3 cm³/mol. The van der Waals surface area contributed by atoms with E-state index in [0.29, 0.717) is 18.2 Å². The number of amides is 2. The smallest absolute Gasteiger partial charge is 0.327 e. The number of urea groups is 1. The maximum absolute atomic E-state index is 12.6. The minimum atomic E-state index is -0.933. The van der Waals surface area contributed by atoms with E-state index in [1.165, 1.54) is 16.7 Å². The van der Waals surface area contributed by atoms with Crippen molar-refractivity contribution in [3.63, 3.8) is 0 Å². The molecule has 108 valence electrons. The van der Waals surface area contributed by atoms with E-state index in [9.17, 15) is 14.7 Å². The lowest BCUT2D eigenvalue weighted by atomic mass is 10.3. The van der Waals surface area contributed by atoms with E-state index < -0.39 is 12.0 Å². The molecule has 1 saturated carbocycles. The van der Waals surface area contributed by atoms with E-state index in [2.05, 4.69) is 0 Å². The highest BCUT2D eigenvalue weighted by Gasteiger charge is 2.41. The van der Waals surface area contributed by atoms with Gasteiger partial charge in [0.15, 0.2) is 0 Å². The molecule has 1 aromatic rings. The van der Waals surface area contributed by atoms with Gasteiger partial charge in [0.05, 0.1) is 18.7 Å². The second-order valence-corrected chi connectivity index (χ2v) is 6.04. The van der Waals surface area contributed by atoms with Crippen LogP contribution in [0.1, 0.15) is 18.6 Å². The van der Waals surface area contributed by atoms with Gasteiger partial charge in [-0.3, -0.25) is 0 Å². The molecule has 7 heteroatoms. The number of rotatable bonds is 4. The van der Waals surface area contributed by atoms with Gasteiger partial charge in [0.25, 0.3) is 0 Å². The van der Waals surface area contributed by atoms with Gasteiger partial charge in [-0.1, -0.05) is 0 Å². The van der Waals surface area contributed by atoms with Gasteiger partial charge >= 0.3 is 12.0 Å². The number of carboxylic acids is 1. The largest absolute Gasteiger partial charge is 0.480 e. The van der Waals surface area contributed by atoms with E-state index >= 15 is 0 Å². The fraction of sp³-hybridized carbons (Fsp3) is 0.538. The van der Waals surface area contributed by atoms with Crippen LogP contribution in [0.3, 0.4) is 0 Å². The van der Waals surface area contributed by atoms with Crippen LogP contribution in [0.25, 0.3) is 0 Å². The summed E-state index contributed by atoms with van der Waals surface area (Å²) in [6.07, 6.45) is 3.53. The number of hydrogen-bond donors (Lipinski definition) is 1. The van der Waals surface area contributed by atoms with Gasteiger partial charge in [-0.25, -0.2) is 9.59 Å². The molecule has 0 radical (unpaired) electrons. The number of hydrogen-bond acceptors (Lipinski definition) is 4. The summed E-state index contributed by atoms with van der Waals surface area (Å²) in [4.78, 5) is 27.0. The van der Waals surface area contributed by atoms with Crippen molar-refractivity contribution in [1.29, 1.82) is 0 Å². The number of nitrogens with zero attached hydrogens (tertiary/aromatic N) is 2. The number of aliphatic carboxylic acids is 1. The van der Waals surface area contributed by atoms with Gasteiger partial charge in [0.1, 0.15) is 11.8 Å². The van der Waals surface area contributed by atoms with Crippen LogP contribution in [-0.2, 0) is 11.3 Å². The van der Waals surface area contributed by atoms with Crippen LogP contribution in [-0.4, -0.2) is 50.6 Å². The fourth-order valence-electron chi connectivity index (χ4n) is 2.31. The first-order valence-electron chi connectivity index (χ1n) is 6.57. The monoisotopic (exact) mass is 296 g/mol. The first kappa shape index (κ1) is 13.4. The van der Waals surface area contributed by atoms with E-state index in [1.807, 2.05) is 6.07 Å². The highest BCUT2D eigenvalue weighted by molar-refractivity contribution is 7.99. The van der Waals surface area contributed by atoms with Crippen LogP contribution in [0.5, 0.6) is 0 Å². The Morgan fingerprint density at radius 1 is 1.50 bits per heavy atom. The molecule has 1 aromatic heterocycles. The Labute approximate surface area is 120 Å². The molecule has 20 heavy (non-hydrogen) atoms. The predicted octanol–water partition coefficient (Wildman–Crippen LogP) is 1.82. The van der Waals surface area contributed by atoms with Crippen LogP contribution < -0.4 is 0 Å². The first-order valence-corrected chi connectivity index (χ1v) is 7.72. The zero-order valence-corrected chi connectivity index (χ0v) is 11.7. The Balaban J connectivity index is 1.73. The van der Waals surface area contributed by atoms with Crippen molar-refractivity contribution >= 4 is 23.8 Å². The minimum absolute atomic E-state index is 0.193. The second-order valence-electron chi connectivity index (χ2n) is 5.04. The molecule has 2 heterocycles. The summed E-state index contributed by atoms with van der Waals surface area (Å²) in [7, 11) is 0. The number of carbonyl (C=O) groups is 2. The third kappa shape index (κ3) is 2.63. The van der Waals surface area contributed by atoms with E-state index in [-0.39, 0.29) is 12.1 Å². The lowest BCUT2D eigenvalue weighted by Gasteiger charge is -2.29. The van der Waals surface area contributed by atoms with Crippen LogP contribution in [0.15, 0.2) is 22.8 Å². The lowest BCUT2D eigenvalue weighted by molar-refractivity contribution is -0.141. The minimum Gasteiger partial charge on any atom is -0.480 e. The van der Waals surface area contributed by atoms with Crippen molar-refractivity contribution in [3.05, 3.63) is 24.2 Å². The van der Waals surface area contributed by atoms with E-state index in [4.69, 9.17) is 4.42 Å². The van der Waals surface area contributed by atoms with E-state index in [0.717, 1.165) is 18.6 Å². The van der Waals surface area contributed by atoms with Crippen molar-refractivity contribution in [1.82, 2.24) is 9.80 Å². The average Bonchev–Trinajstić information content (AvgIpc) is 2.95. The topological polar surface area (TPSA) is 74.0 Å². The molecule has 3 rings (SSSR count). The molecular weight excluding hydrogens is 280 g/mol. The molecule has 6 nitrogen and oxygen atoms in total. The number of carboxylic acid groups (broad SMARTS) is 1. The zero-order valence-electron chi connectivity index (χ0n) is 10.9. The number of furan rings is 1. The molecule has 2 amide bonds. The normalized spacial score (nSPS) is 22.0. The Morgan fingerprint density at radius 2 is 2.30 bits per heavy atom. The van der Waals surface area contributed by atoms with Gasteiger partial charge in [-0.15, -0.1) is 11.8 Å². The summed E-state index contributed by atoms with van der Waals surface area (Å²) in [5.74, 6) is 0.693. The van der Waals surface area contributed by atoms with Gasteiger partial charge in [-0.05, 0) is 25.0 Å². The maximum atomic E-state index is 12.6. The summed E-state index contributed by atoms with van der Waals surface area (Å²) >= 11 is 1.48. The molecule has 1 N–H and O–H groups in total. The van der Waals surface area contributed by atoms with Crippen LogP contribution >= 0.6 is 11.8 Å². The molecule has 1 aliphatic carbocycles. The van der Waals surface area contributed by atoms with Gasteiger partial charge in [0, 0.05) is 11.8 Å². The maximum Gasteiger partial charge on any atom is 0.327 e. The quantitative estimate of drug-likeness (QED) is 0.917. The molecule has 0 aromatic carbocycles. The third-order valence-electron chi connectivity index (χ3n) is 3.55. The summed E-state index contributed by atoms with van der Waals surface area (Å²) in [6, 6.07) is 2.92.